The molecule has 0 spiro atoms. The number of aromatic nitrogens is 3. The Morgan fingerprint density at radius 1 is 1.28 bits per heavy atom. The smallest absolute Gasteiger partial charge is 0.256 e. The van der Waals surface area contributed by atoms with E-state index in [-0.39, 0.29) is 5.91 Å². The van der Waals surface area contributed by atoms with Gasteiger partial charge in [-0.15, -0.1) is 5.10 Å². The molecule has 1 atom stereocenters. The van der Waals surface area contributed by atoms with Crippen LogP contribution in [-0.4, -0.2) is 34.0 Å². The van der Waals surface area contributed by atoms with Crippen LogP contribution in [0, 0.1) is 6.92 Å². The van der Waals surface area contributed by atoms with Crippen LogP contribution in [0.2, 0.25) is 0 Å². The number of hydrogen-bond donors (Lipinski definition) is 2. The number of para-hydroxylation sites is 2. The molecule has 9 heteroatoms. The summed E-state index contributed by atoms with van der Waals surface area (Å²) in [6, 6.07) is 10.5. The number of methoxy groups -OCH3 is 1. The van der Waals surface area contributed by atoms with Crippen molar-refractivity contribution in [3.63, 3.8) is 0 Å². The molecule has 2 aromatic heterocycles. The molecule has 1 aliphatic rings. The molecule has 29 heavy (non-hydrogen) atoms. The third-order valence-electron chi connectivity index (χ3n) is 4.65. The molecule has 0 bridgehead atoms. The van der Waals surface area contributed by atoms with Gasteiger partial charge in [0.2, 0.25) is 11.1 Å². The Bertz CT molecular complexity index is 1100. The van der Waals surface area contributed by atoms with Crippen LogP contribution in [0.3, 0.4) is 0 Å². The number of amides is 1. The number of furan rings is 1. The number of thioether (sulfide) groups is 1. The minimum Gasteiger partial charge on any atom is -0.495 e. The Kier molecular flexibility index (Phi) is 5.06. The molecule has 0 saturated carbocycles. The molecule has 3 heterocycles. The van der Waals surface area contributed by atoms with E-state index in [1.54, 1.807) is 23.9 Å². The van der Waals surface area contributed by atoms with Gasteiger partial charge in [0.15, 0.2) is 0 Å². The summed E-state index contributed by atoms with van der Waals surface area (Å²) >= 11 is 1.43. The van der Waals surface area contributed by atoms with Crippen LogP contribution in [-0.2, 0) is 4.79 Å². The third-order valence-corrected chi connectivity index (χ3v) is 5.18. The second-order valence-electron chi connectivity index (χ2n) is 6.54. The van der Waals surface area contributed by atoms with Gasteiger partial charge >= 0.3 is 0 Å². The molecule has 8 nitrogen and oxygen atoms in total. The summed E-state index contributed by atoms with van der Waals surface area (Å²) in [5.41, 5.74) is 1.77. The van der Waals surface area contributed by atoms with Crippen LogP contribution in [0.1, 0.15) is 24.5 Å². The van der Waals surface area contributed by atoms with Gasteiger partial charge in [-0.25, -0.2) is 4.68 Å². The minimum absolute atomic E-state index is 0.273. The normalized spacial score (nSPS) is 15.7. The Balaban J connectivity index is 1.77. The van der Waals surface area contributed by atoms with E-state index in [0.29, 0.717) is 39.6 Å². The molecule has 0 saturated heterocycles. The fourth-order valence-corrected chi connectivity index (χ4v) is 3.66. The fourth-order valence-electron chi connectivity index (χ4n) is 3.31. The summed E-state index contributed by atoms with van der Waals surface area (Å²) in [6.45, 7) is 3.71. The van der Waals surface area contributed by atoms with Crippen molar-refractivity contribution >= 4 is 29.3 Å². The molecule has 2 N–H and O–H groups in total. The average molecular weight is 411 g/mol. The first-order valence-electron chi connectivity index (χ1n) is 9.01. The van der Waals surface area contributed by atoms with Crippen LogP contribution in [0.15, 0.2) is 57.2 Å². The lowest BCUT2D eigenvalue weighted by molar-refractivity contribution is -0.113. The van der Waals surface area contributed by atoms with Crippen molar-refractivity contribution in [2.24, 2.45) is 0 Å². The van der Waals surface area contributed by atoms with Crippen molar-refractivity contribution in [1.29, 1.82) is 0 Å². The van der Waals surface area contributed by atoms with E-state index in [9.17, 15) is 4.79 Å². The SMILES string of the molecule is COc1ccccc1NC(=O)C1=C(C)Nc2nc(SC)nn2[C@H]1c1ccc(C)o1. The zero-order chi connectivity index (χ0) is 20.5. The number of allylic oxidation sites excluding steroid dienone is 1. The van der Waals surface area contributed by atoms with Gasteiger partial charge in [-0.3, -0.25) is 4.79 Å². The Labute approximate surface area is 172 Å². The second kappa shape index (κ2) is 7.67. The molecule has 1 aromatic carbocycles. The number of ether oxygens (including phenoxy) is 1. The standard InChI is InChI=1S/C20H21N5O3S/c1-11-9-10-15(28-11)17-16(12(2)21-19-23-20(29-4)24-25(17)19)18(26)22-13-7-5-6-8-14(13)27-3/h5-10,17H,1-4H3,(H,22,26)(H,21,23,24)/t17-/m0/s1. The molecule has 0 fully saturated rings. The van der Waals surface area contributed by atoms with Gasteiger partial charge in [-0.1, -0.05) is 23.9 Å². The van der Waals surface area contributed by atoms with Gasteiger partial charge in [0, 0.05) is 5.70 Å². The largest absolute Gasteiger partial charge is 0.495 e. The number of fused-ring (bicyclic) bond motifs is 1. The quantitative estimate of drug-likeness (QED) is 0.616. The van der Waals surface area contributed by atoms with E-state index in [1.807, 2.05) is 44.4 Å². The number of benzene rings is 1. The summed E-state index contributed by atoms with van der Waals surface area (Å²) in [7, 11) is 1.57. The van der Waals surface area contributed by atoms with Crippen LogP contribution in [0.25, 0.3) is 0 Å². The third kappa shape index (κ3) is 3.49. The Morgan fingerprint density at radius 3 is 2.76 bits per heavy atom. The first-order chi connectivity index (χ1) is 14.0. The summed E-state index contributed by atoms with van der Waals surface area (Å²) in [6.07, 6.45) is 1.91. The van der Waals surface area contributed by atoms with E-state index < -0.39 is 6.04 Å². The van der Waals surface area contributed by atoms with Crippen molar-refractivity contribution in [1.82, 2.24) is 14.8 Å². The van der Waals surface area contributed by atoms with Crippen molar-refractivity contribution in [3.8, 4) is 5.75 Å². The highest BCUT2D eigenvalue weighted by Gasteiger charge is 2.36. The molecular weight excluding hydrogens is 390 g/mol. The maximum Gasteiger partial charge on any atom is 0.256 e. The van der Waals surface area contributed by atoms with Crippen molar-refractivity contribution in [3.05, 3.63) is 59.2 Å². The van der Waals surface area contributed by atoms with E-state index in [4.69, 9.17) is 9.15 Å². The average Bonchev–Trinajstić information content (AvgIpc) is 3.32. The molecule has 0 radical (unpaired) electrons. The van der Waals surface area contributed by atoms with Gasteiger partial charge in [0.05, 0.1) is 18.4 Å². The fraction of sp³-hybridized carbons (Fsp3) is 0.250. The number of hydrogen-bond acceptors (Lipinski definition) is 7. The number of aryl methyl sites for hydroxylation is 1. The molecule has 4 rings (SSSR count). The summed E-state index contributed by atoms with van der Waals surface area (Å²) in [5, 5.41) is 11.3. The second-order valence-corrected chi connectivity index (χ2v) is 7.31. The molecule has 0 aliphatic carbocycles. The zero-order valence-electron chi connectivity index (χ0n) is 16.5. The number of nitrogens with zero attached hydrogens (tertiary/aromatic N) is 3. The highest BCUT2D eigenvalue weighted by atomic mass is 32.2. The lowest BCUT2D eigenvalue weighted by atomic mass is 10.00. The topological polar surface area (TPSA) is 94.2 Å². The molecule has 0 unspecified atom stereocenters. The maximum atomic E-state index is 13.3. The number of carbonyl (C=O) groups is 1. The highest BCUT2D eigenvalue weighted by Crippen LogP contribution is 2.37. The predicted molar refractivity (Wildman–Crippen MR) is 111 cm³/mol. The van der Waals surface area contributed by atoms with E-state index in [1.165, 1.54) is 11.8 Å². The number of rotatable bonds is 5. The zero-order valence-corrected chi connectivity index (χ0v) is 17.3. The Hall–Kier alpha value is -3.20. The molecule has 1 aliphatic heterocycles. The lowest BCUT2D eigenvalue weighted by Crippen LogP contribution is -2.31. The monoisotopic (exact) mass is 411 g/mol. The van der Waals surface area contributed by atoms with Crippen LogP contribution in [0.4, 0.5) is 11.6 Å². The molecule has 3 aromatic rings. The lowest BCUT2D eigenvalue weighted by Gasteiger charge is -2.27. The molecule has 1 amide bonds. The highest BCUT2D eigenvalue weighted by molar-refractivity contribution is 7.98. The first-order valence-corrected chi connectivity index (χ1v) is 10.2. The summed E-state index contributed by atoms with van der Waals surface area (Å²) in [5.74, 6) is 2.25. The molecule has 150 valence electrons. The molecular formula is C20H21N5O3S. The van der Waals surface area contributed by atoms with Gasteiger partial charge in [-0.05, 0) is 44.4 Å². The minimum atomic E-state index is -0.539. The van der Waals surface area contributed by atoms with E-state index >= 15 is 0 Å². The van der Waals surface area contributed by atoms with Gasteiger partial charge < -0.3 is 19.8 Å². The van der Waals surface area contributed by atoms with Crippen molar-refractivity contribution < 1.29 is 13.9 Å². The van der Waals surface area contributed by atoms with Gasteiger partial charge in [0.1, 0.15) is 23.3 Å². The summed E-state index contributed by atoms with van der Waals surface area (Å²) < 4.78 is 12.9. The predicted octanol–water partition coefficient (Wildman–Crippen LogP) is 3.84. The number of carbonyl (C=O) groups excluding carboxylic acids is 1. The van der Waals surface area contributed by atoms with Crippen molar-refractivity contribution in [2.75, 3.05) is 24.0 Å². The van der Waals surface area contributed by atoms with Crippen LogP contribution >= 0.6 is 11.8 Å². The van der Waals surface area contributed by atoms with E-state index in [2.05, 4.69) is 20.7 Å². The van der Waals surface area contributed by atoms with Crippen LogP contribution in [0.5, 0.6) is 5.75 Å². The van der Waals surface area contributed by atoms with Gasteiger partial charge in [-0.2, -0.15) is 4.98 Å². The number of nitrogens with one attached hydrogen (secondary N) is 2. The van der Waals surface area contributed by atoms with Gasteiger partial charge in [0.25, 0.3) is 5.91 Å². The Morgan fingerprint density at radius 2 is 2.07 bits per heavy atom. The van der Waals surface area contributed by atoms with Crippen LogP contribution < -0.4 is 15.4 Å². The summed E-state index contributed by atoms with van der Waals surface area (Å²) in [4.78, 5) is 17.8. The maximum absolute atomic E-state index is 13.3. The van der Waals surface area contributed by atoms with E-state index in [0.717, 1.165) is 5.76 Å². The first kappa shape index (κ1) is 19.1. The van der Waals surface area contributed by atoms with Crippen molar-refractivity contribution in [2.45, 2.75) is 25.0 Å². The number of anilines is 2.